The summed E-state index contributed by atoms with van der Waals surface area (Å²) in [4.78, 5) is 31.5. The first-order valence-corrected chi connectivity index (χ1v) is 13.5. The van der Waals surface area contributed by atoms with Crippen molar-refractivity contribution in [3.05, 3.63) is 79.0 Å². The van der Waals surface area contributed by atoms with Crippen molar-refractivity contribution in [1.29, 1.82) is 0 Å². The molecule has 0 saturated heterocycles. The van der Waals surface area contributed by atoms with Crippen LogP contribution in [-0.2, 0) is 13.5 Å². The zero-order valence-electron chi connectivity index (χ0n) is 19.5. The van der Waals surface area contributed by atoms with Crippen molar-refractivity contribution in [3.8, 4) is 16.2 Å². The molecule has 4 rings (SSSR count). The molecule has 3 heterocycles. The molecule has 0 radical (unpaired) electrons. The number of aryl methyl sites for hydroxylation is 3. The fourth-order valence-corrected chi connectivity index (χ4v) is 5.71. The molecule has 180 valence electrons. The van der Waals surface area contributed by atoms with Crippen LogP contribution in [-0.4, -0.2) is 38.7 Å². The smallest absolute Gasteiger partial charge is 0.194 e. The Kier molecular flexibility index (Phi) is 7.78. The lowest BCUT2D eigenvalue weighted by Crippen LogP contribution is -2.04. The molecule has 0 amide bonds. The maximum atomic E-state index is 12.7. The van der Waals surface area contributed by atoms with Gasteiger partial charge in [0.25, 0.3) is 0 Å². The molecule has 0 spiro atoms. The number of aromatic nitrogens is 2. The van der Waals surface area contributed by atoms with Crippen molar-refractivity contribution in [2.45, 2.75) is 26.7 Å². The Bertz CT molecular complexity index is 1390. The minimum absolute atomic E-state index is 0.000652. The number of carbonyl (C=O) groups is 2. The number of halogens is 1. The molecule has 0 aliphatic rings. The minimum atomic E-state index is -0.156. The molecule has 0 unspecified atom stereocenters. The van der Waals surface area contributed by atoms with Gasteiger partial charge in [-0.05, 0) is 56.2 Å². The zero-order valence-corrected chi connectivity index (χ0v) is 22.8. The molecule has 4 aromatic rings. The highest BCUT2D eigenvalue weighted by atomic mass is 79.9. The highest BCUT2D eigenvalue weighted by molar-refractivity contribution is 9.10. The van der Waals surface area contributed by atoms with Crippen molar-refractivity contribution >= 4 is 55.9 Å². The maximum absolute atomic E-state index is 12.7. The molecule has 1 aromatic carbocycles. The number of carbonyl (C=O) groups excluding carboxylic acids is 2. The summed E-state index contributed by atoms with van der Waals surface area (Å²) >= 11 is 6.05. The Balaban J connectivity index is 1.38. The first kappa shape index (κ1) is 25.2. The predicted octanol–water partition coefficient (Wildman–Crippen LogP) is 6.49. The molecule has 35 heavy (non-hydrogen) atoms. The van der Waals surface area contributed by atoms with Gasteiger partial charge in [-0.1, -0.05) is 28.1 Å². The normalized spacial score (nSPS) is 11.7. The number of ketones is 2. The molecular weight excluding hydrogens is 546 g/mol. The average Bonchev–Trinajstić information content (AvgIpc) is 3.56. The SMILES string of the molecule is CC(=NCC(=O)c1ccc(C(=O)CCc2cc(C)n(C)n2)s1)c1csc(-c2ccc(Br)cc2)c1O. The van der Waals surface area contributed by atoms with Gasteiger partial charge in [0.1, 0.15) is 12.3 Å². The van der Waals surface area contributed by atoms with Crippen LogP contribution in [0.3, 0.4) is 0 Å². The first-order valence-electron chi connectivity index (χ1n) is 11.0. The second kappa shape index (κ2) is 10.8. The van der Waals surface area contributed by atoms with Gasteiger partial charge in [0, 0.05) is 40.3 Å². The van der Waals surface area contributed by atoms with Crippen LogP contribution in [0.25, 0.3) is 10.4 Å². The summed E-state index contributed by atoms with van der Waals surface area (Å²) in [5, 5.41) is 16.9. The number of rotatable bonds is 9. The van der Waals surface area contributed by atoms with E-state index in [9.17, 15) is 14.7 Å². The third-order valence-electron chi connectivity index (χ3n) is 5.65. The van der Waals surface area contributed by atoms with E-state index in [1.54, 1.807) is 23.7 Å². The number of aliphatic imine (C=N–C) groups is 1. The Morgan fingerprint density at radius 2 is 1.80 bits per heavy atom. The topological polar surface area (TPSA) is 84.5 Å². The van der Waals surface area contributed by atoms with Gasteiger partial charge < -0.3 is 5.11 Å². The molecule has 0 fully saturated rings. The molecular formula is C26H24BrN3O3S2. The number of aromatic hydroxyl groups is 1. The van der Waals surface area contributed by atoms with Crippen LogP contribution in [0, 0.1) is 6.92 Å². The number of hydrogen-bond acceptors (Lipinski definition) is 7. The van der Waals surface area contributed by atoms with Crippen LogP contribution in [0.2, 0.25) is 0 Å². The van der Waals surface area contributed by atoms with Crippen LogP contribution in [0.5, 0.6) is 5.75 Å². The standard InChI is InChI=1S/C26H24BrN3O3S2/c1-15-12-19(29-30(15)3)8-9-21(31)23-10-11-24(35-23)22(32)13-28-16(2)20-14-34-26(25(20)33)17-4-6-18(27)7-5-17/h4-7,10-12,14,33H,8-9,13H2,1-3H3. The Morgan fingerprint density at radius 3 is 2.46 bits per heavy atom. The lowest BCUT2D eigenvalue weighted by Gasteiger charge is -2.02. The van der Waals surface area contributed by atoms with Crippen LogP contribution >= 0.6 is 38.6 Å². The summed E-state index contributed by atoms with van der Waals surface area (Å²) < 4.78 is 2.76. The van der Waals surface area contributed by atoms with E-state index in [1.165, 1.54) is 22.7 Å². The Morgan fingerprint density at radius 1 is 1.11 bits per heavy atom. The fraction of sp³-hybridized carbons (Fsp3) is 0.231. The van der Waals surface area contributed by atoms with Gasteiger partial charge in [0.2, 0.25) is 0 Å². The molecule has 0 bridgehead atoms. The second-order valence-corrected chi connectivity index (χ2v) is 11.0. The molecule has 6 nitrogen and oxygen atoms in total. The molecule has 9 heteroatoms. The van der Waals surface area contributed by atoms with Crippen LogP contribution in [0.1, 0.15) is 49.6 Å². The molecule has 0 saturated carbocycles. The number of Topliss-reactive ketones (excluding diaryl/α,β-unsaturated/α-hetero) is 2. The van der Waals surface area contributed by atoms with Gasteiger partial charge in [-0.15, -0.1) is 22.7 Å². The fourth-order valence-electron chi connectivity index (χ4n) is 3.53. The monoisotopic (exact) mass is 569 g/mol. The van der Waals surface area contributed by atoms with Gasteiger partial charge in [0.15, 0.2) is 11.6 Å². The van der Waals surface area contributed by atoms with E-state index in [1.807, 2.05) is 49.7 Å². The summed E-state index contributed by atoms with van der Waals surface area (Å²) in [5.41, 5.74) is 4.06. The van der Waals surface area contributed by atoms with Gasteiger partial charge in [-0.25, -0.2) is 0 Å². The van der Waals surface area contributed by atoms with Crippen molar-refractivity contribution in [2.24, 2.45) is 12.0 Å². The lowest BCUT2D eigenvalue weighted by molar-refractivity contribution is 0.0984. The van der Waals surface area contributed by atoms with E-state index in [4.69, 9.17) is 0 Å². The van der Waals surface area contributed by atoms with E-state index in [2.05, 4.69) is 26.0 Å². The summed E-state index contributed by atoms with van der Waals surface area (Å²) in [6.45, 7) is 3.71. The van der Waals surface area contributed by atoms with Gasteiger partial charge >= 0.3 is 0 Å². The van der Waals surface area contributed by atoms with E-state index in [-0.39, 0.29) is 23.9 Å². The van der Waals surface area contributed by atoms with Crippen LogP contribution in [0.15, 0.2) is 57.3 Å². The molecule has 1 N–H and O–H groups in total. The van der Waals surface area contributed by atoms with Crippen molar-refractivity contribution in [2.75, 3.05) is 6.54 Å². The largest absolute Gasteiger partial charge is 0.506 e. The predicted molar refractivity (Wildman–Crippen MR) is 145 cm³/mol. The van der Waals surface area contributed by atoms with Crippen molar-refractivity contribution in [1.82, 2.24) is 9.78 Å². The summed E-state index contributed by atoms with van der Waals surface area (Å²) in [7, 11) is 1.88. The molecule has 0 atom stereocenters. The minimum Gasteiger partial charge on any atom is -0.506 e. The number of nitrogens with zero attached hydrogens (tertiary/aromatic N) is 3. The molecule has 0 aliphatic carbocycles. The molecule has 3 aromatic heterocycles. The number of hydrogen-bond donors (Lipinski definition) is 1. The zero-order chi connectivity index (χ0) is 25.1. The van der Waals surface area contributed by atoms with E-state index in [0.717, 1.165) is 26.3 Å². The second-order valence-electron chi connectivity index (χ2n) is 8.15. The quantitative estimate of drug-likeness (QED) is 0.184. The first-order chi connectivity index (χ1) is 16.7. The highest BCUT2D eigenvalue weighted by Gasteiger charge is 2.17. The number of benzene rings is 1. The maximum Gasteiger partial charge on any atom is 0.194 e. The number of thiophene rings is 2. The van der Waals surface area contributed by atoms with Crippen LogP contribution in [0.4, 0.5) is 0 Å². The van der Waals surface area contributed by atoms with E-state index in [0.29, 0.717) is 33.9 Å². The van der Waals surface area contributed by atoms with E-state index >= 15 is 0 Å². The Hall–Kier alpha value is -2.88. The summed E-state index contributed by atoms with van der Waals surface area (Å²) in [5.74, 6) is 0.00966. The third kappa shape index (κ3) is 5.86. The third-order valence-corrected chi connectivity index (χ3v) is 8.36. The van der Waals surface area contributed by atoms with Crippen LogP contribution < -0.4 is 0 Å². The summed E-state index contributed by atoms with van der Waals surface area (Å²) in [6, 6.07) is 13.1. The van der Waals surface area contributed by atoms with Gasteiger partial charge in [-0.2, -0.15) is 5.10 Å². The average molecular weight is 571 g/mol. The lowest BCUT2D eigenvalue weighted by atomic mass is 10.1. The van der Waals surface area contributed by atoms with E-state index < -0.39 is 0 Å². The summed E-state index contributed by atoms with van der Waals surface area (Å²) in [6.07, 6.45) is 0.914. The van der Waals surface area contributed by atoms with Gasteiger partial charge in [0.05, 0.1) is 20.3 Å². The highest BCUT2D eigenvalue weighted by Crippen LogP contribution is 2.39. The van der Waals surface area contributed by atoms with Crippen molar-refractivity contribution < 1.29 is 14.7 Å². The van der Waals surface area contributed by atoms with Crippen molar-refractivity contribution in [3.63, 3.8) is 0 Å². The Labute approximate surface area is 220 Å². The molecule has 0 aliphatic heterocycles. The van der Waals surface area contributed by atoms with Gasteiger partial charge in [-0.3, -0.25) is 19.3 Å².